The fraction of sp³-hybridized carbons (Fsp3) is 0.462. The molecule has 4 heteroatoms. The van der Waals surface area contributed by atoms with Crippen LogP contribution in [0.3, 0.4) is 0 Å². The largest absolute Gasteiger partial charge is 0.469 e. The second-order valence-corrected chi connectivity index (χ2v) is 3.99. The molecule has 17 heavy (non-hydrogen) atoms. The Balaban J connectivity index is 2.55. The number of rotatable bonds is 6. The van der Waals surface area contributed by atoms with Gasteiger partial charge in [0.1, 0.15) is 0 Å². The van der Waals surface area contributed by atoms with E-state index in [0.29, 0.717) is 6.42 Å². The van der Waals surface area contributed by atoms with Gasteiger partial charge < -0.3 is 15.2 Å². The van der Waals surface area contributed by atoms with Crippen LogP contribution in [0.25, 0.3) is 0 Å². The van der Waals surface area contributed by atoms with Crippen molar-refractivity contribution in [3.05, 3.63) is 35.9 Å². The highest BCUT2D eigenvalue weighted by atomic mass is 16.5. The maximum absolute atomic E-state index is 11.1. The van der Waals surface area contributed by atoms with Crippen LogP contribution >= 0.6 is 0 Å². The number of hydrogen-bond donors (Lipinski definition) is 2. The molecule has 0 saturated heterocycles. The fourth-order valence-electron chi connectivity index (χ4n) is 1.68. The summed E-state index contributed by atoms with van der Waals surface area (Å²) in [7, 11) is 1.37. The van der Waals surface area contributed by atoms with Crippen LogP contribution in [0, 0.1) is 0 Å². The lowest BCUT2D eigenvalue weighted by Crippen LogP contribution is -2.34. The number of aliphatic hydroxyl groups excluding tert-OH is 1. The topological polar surface area (TPSA) is 58.6 Å². The molecule has 1 rings (SSSR count). The van der Waals surface area contributed by atoms with Crippen molar-refractivity contribution < 1.29 is 14.6 Å². The predicted octanol–water partition coefficient (Wildman–Crippen LogP) is 1.26. The van der Waals surface area contributed by atoms with Gasteiger partial charge in [-0.3, -0.25) is 4.79 Å². The average molecular weight is 237 g/mol. The first-order chi connectivity index (χ1) is 8.17. The Morgan fingerprint density at radius 3 is 2.59 bits per heavy atom. The van der Waals surface area contributed by atoms with Gasteiger partial charge in [0.15, 0.2) is 0 Å². The van der Waals surface area contributed by atoms with E-state index >= 15 is 0 Å². The van der Waals surface area contributed by atoms with E-state index in [1.54, 1.807) is 0 Å². The van der Waals surface area contributed by atoms with Gasteiger partial charge in [0, 0.05) is 6.04 Å². The van der Waals surface area contributed by atoms with Gasteiger partial charge in [0.25, 0.3) is 0 Å². The lowest BCUT2D eigenvalue weighted by atomic mass is 10.1. The molecule has 0 fully saturated rings. The van der Waals surface area contributed by atoms with Crippen molar-refractivity contribution >= 4 is 5.97 Å². The Morgan fingerprint density at radius 1 is 1.41 bits per heavy atom. The molecule has 2 atom stereocenters. The van der Waals surface area contributed by atoms with Crippen LogP contribution in [-0.4, -0.2) is 30.8 Å². The van der Waals surface area contributed by atoms with Crippen LogP contribution in [0.4, 0.5) is 0 Å². The van der Waals surface area contributed by atoms with Gasteiger partial charge in [-0.15, -0.1) is 0 Å². The first-order valence-electron chi connectivity index (χ1n) is 5.66. The molecule has 0 aliphatic carbocycles. The molecule has 0 aromatic heterocycles. The number of ether oxygens (including phenoxy) is 1. The highest BCUT2D eigenvalue weighted by Crippen LogP contribution is 2.13. The van der Waals surface area contributed by atoms with Crippen molar-refractivity contribution in [2.75, 3.05) is 13.7 Å². The maximum Gasteiger partial charge on any atom is 0.307 e. The minimum Gasteiger partial charge on any atom is -0.469 e. The van der Waals surface area contributed by atoms with Gasteiger partial charge in [0.2, 0.25) is 0 Å². The average Bonchev–Trinajstić information content (AvgIpc) is 2.36. The number of esters is 1. The zero-order valence-electron chi connectivity index (χ0n) is 10.2. The zero-order valence-corrected chi connectivity index (χ0v) is 10.2. The van der Waals surface area contributed by atoms with Crippen molar-refractivity contribution in [2.24, 2.45) is 0 Å². The van der Waals surface area contributed by atoms with Crippen LogP contribution in [0.5, 0.6) is 0 Å². The second kappa shape index (κ2) is 7.04. The SMILES string of the molecule is COC(=O)CC(C)NC(CO)c1ccccc1. The van der Waals surface area contributed by atoms with Crippen molar-refractivity contribution in [1.29, 1.82) is 0 Å². The van der Waals surface area contributed by atoms with Crippen LogP contribution in [-0.2, 0) is 9.53 Å². The molecular formula is C13H19NO3. The van der Waals surface area contributed by atoms with Gasteiger partial charge in [-0.05, 0) is 12.5 Å². The summed E-state index contributed by atoms with van der Waals surface area (Å²) in [5.74, 6) is -0.255. The van der Waals surface area contributed by atoms with Crippen LogP contribution in [0.1, 0.15) is 24.9 Å². The summed E-state index contributed by atoms with van der Waals surface area (Å²) in [5, 5.41) is 12.5. The summed E-state index contributed by atoms with van der Waals surface area (Å²) in [4.78, 5) is 11.1. The van der Waals surface area contributed by atoms with Gasteiger partial charge in [-0.2, -0.15) is 0 Å². The number of benzene rings is 1. The normalized spacial score (nSPS) is 14.1. The van der Waals surface area contributed by atoms with E-state index in [1.165, 1.54) is 7.11 Å². The summed E-state index contributed by atoms with van der Waals surface area (Å²) in [6.07, 6.45) is 0.292. The van der Waals surface area contributed by atoms with E-state index in [0.717, 1.165) is 5.56 Å². The van der Waals surface area contributed by atoms with Gasteiger partial charge in [0.05, 0.1) is 26.2 Å². The second-order valence-electron chi connectivity index (χ2n) is 3.99. The summed E-state index contributed by atoms with van der Waals surface area (Å²) < 4.78 is 4.60. The van der Waals surface area contributed by atoms with Crippen molar-refractivity contribution in [3.63, 3.8) is 0 Å². The molecule has 0 saturated carbocycles. The summed E-state index contributed by atoms with van der Waals surface area (Å²) in [6, 6.07) is 9.46. The molecule has 0 amide bonds. The molecule has 4 nitrogen and oxygen atoms in total. The molecule has 1 aromatic carbocycles. The Bertz CT molecular complexity index is 340. The van der Waals surface area contributed by atoms with Gasteiger partial charge in [-0.25, -0.2) is 0 Å². The van der Waals surface area contributed by atoms with E-state index in [4.69, 9.17) is 0 Å². The fourth-order valence-corrected chi connectivity index (χ4v) is 1.68. The monoisotopic (exact) mass is 237 g/mol. The third-order valence-corrected chi connectivity index (χ3v) is 2.57. The summed E-state index contributed by atoms with van der Waals surface area (Å²) >= 11 is 0. The van der Waals surface area contributed by atoms with E-state index in [-0.39, 0.29) is 24.7 Å². The summed E-state index contributed by atoms with van der Waals surface area (Å²) in [5.41, 5.74) is 1.01. The smallest absolute Gasteiger partial charge is 0.307 e. The molecular weight excluding hydrogens is 218 g/mol. The lowest BCUT2D eigenvalue weighted by molar-refractivity contribution is -0.141. The first kappa shape index (κ1) is 13.7. The van der Waals surface area contributed by atoms with Crippen molar-refractivity contribution in [2.45, 2.75) is 25.4 Å². The van der Waals surface area contributed by atoms with Crippen LogP contribution < -0.4 is 5.32 Å². The highest BCUT2D eigenvalue weighted by molar-refractivity contribution is 5.69. The quantitative estimate of drug-likeness (QED) is 0.731. The number of nitrogens with one attached hydrogen (secondary N) is 1. The molecule has 2 N–H and O–H groups in total. The third-order valence-electron chi connectivity index (χ3n) is 2.57. The number of carbonyl (C=O) groups is 1. The Hall–Kier alpha value is -1.39. The molecule has 0 aliphatic rings. The molecule has 0 spiro atoms. The lowest BCUT2D eigenvalue weighted by Gasteiger charge is -2.21. The van der Waals surface area contributed by atoms with E-state index in [9.17, 15) is 9.90 Å². The third kappa shape index (κ3) is 4.54. The number of aliphatic hydroxyl groups is 1. The molecule has 2 unspecified atom stereocenters. The minimum absolute atomic E-state index is 0.00444. The maximum atomic E-state index is 11.1. The molecule has 0 aliphatic heterocycles. The van der Waals surface area contributed by atoms with Gasteiger partial charge in [-0.1, -0.05) is 30.3 Å². The van der Waals surface area contributed by atoms with Crippen LogP contribution in [0.2, 0.25) is 0 Å². The Kier molecular flexibility index (Phi) is 5.66. The zero-order chi connectivity index (χ0) is 12.7. The Labute approximate surface area is 102 Å². The summed E-state index contributed by atoms with van der Waals surface area (Å²) in [6.45, 7) is 1.89. The number of methoxy groups -OCH3 is 1. The predicted molar refractivity (Wildman–Crippen MR) is 65.5 cm³/mol. The first-order valence-corrected chi connectivity index (χ1v) is 5.66. The van der Waals surface area contributed by atoms with Crippen molar-refractivity contribution in [3.8, 4) is 0 Å². The minimum atomic E-state index is -0.255. The van der Waals surface area contributed by atoms with Gasteiger partial charge >= 0.3 is 5.97 Å². The molecule has 0 bridgehead atoms. The number of carbonyl (C=O) groups excluding carboxylic acids is 1. The van der Waals surface area contributed by atoms with Crippen LogP contribution in [0.15, 0.2) is 30.3 Å². The highest BCUT2D eigenvalue weighted by Gasteiger charge is 2.15. The van der Waals surface area contributed by atoms with E-state index in [2.05, 4.69) is 10.1 Å². The molecule has 94 valence electrons. The van der Waals surface area contributed by atoms with E-state index in [1.807, 2.05) is 37.3 Å². The standard InChI is InChI=1S/C13H19NO3/c1-10(8-13(16)17-2)14-12(9-15)11-6-4-3-5-7-11/h3-7,10,12,14-15H,8-9H2,1-2H3. The molecule has 0 radical (unpaired) electrons. The number of hydrogen-bond acceptors (Lipinski definition) is 4. The molecule has 1 aromatic rings. The van der Waals surface area contributed by atoms with Crippen molar-refractivity contribution in [1.82, 2.24) is 5.32 Å². The van der Waals surface area contributed by atoms with E-state index < -0.39 is 0 Å². The molecule has 0 heterocycles. The Morgan fingerprint density at radius 2 is 2.06 bits per heavy atom.